The van der Waals surface area contributed by atoms with Crippen molar-refractivity contribution in [1.82, 2.24) is 9.47 Å². The van der Waals surface area contributed by atoms with Gasteiger partial charge in [-0.25, -0.2) is 4.39 Å². The van der Waals surface area contributed by atoms with Gasteiger partial charge in [0.05, 0.1) is 7.11 Å². The number of benzene rings is 2. The van der Waals surface area contributed by atoms with Crippen LogP contribution in [0.2, 0.25) is 0 Å². The smallest absolute Gasteiger partial charge is 0.258 e. The number of ether oxygens (including phenoxy) is 1. The van der Waals surface area contributed by atoms with E-state index in [0.717, 1.165) is 10.9 Å². The molecule has 0 unspecified atom stereocenters. The van der Waals surface area contributed by atoms with Crippen molar-refractivity contribution in [3.63, 3.8) is 0 Å². The molecule has 5 heteroatoms. The van der Waals surface area contributed by atoms with E-state index in [-0.39, 0.29) is 11.4 Å². The van der Waals surface area contributed by atoms with Gasteiger partial charge in [0.25, 0.3) is 5.56 Å². The first-order valence-electron chi connectivity index (χ1n) is 8.02. The molecule has 0 aliphatic carbocycles. The molecule has 0 saturated heterocycles. The second-order valence-corrected chi connectivity index (χ2v) is 6.39. The summed E-state index contributed by atoms with van der Waals surface area (Å²) in [7, 11) is 7.10. The third kappa shape index (κ3) is 3.15. The van der Waals surface area contributed by atoms with Crippen molar-refractivity contribution in [3.8, 4) is 16.9 Å². The summed E-state index contributed by atoms with van der Waals surface area (Å²) in [5.41, 5.74) is 1.77. The molecule has 1 aromatic heterocycles. The van der Waals surface area contributed by atoms with Gasteiger partial charge in [-0.05, 0) is 37.7 Å². The van der Waals surface area contributed by atoms with Gasteiger partial charge in [-0.2, -0.15) is 0 Å². The molecule has 0 amide bonds. The minimum atomic E-state index is -0.332. The monoisotopic (exact) mass is 340 g/mol. The van der Waals surface area contributed by atoms with E-state index in [1.807, 2.05) is 37.2 Å². The van der Waals surface area contributed by atoms with E-state index in [2.05, 4.69) is 0 Å². The zero-order valence-electron chi connectivity index (χ0n) is 14.8. The molecule has 0 aliphatic rings. The van der Waals surface area contributed by atoms with Crippen LogP contribution in [0, 0.1) is 5.82 Å². The average molecular weight is 340 g/mol. The highest BCUT2D eigenvalue weighted by Crippen LogP contribution is 2.34. The van der Waals surface area contributed by atoms with Gasteiger partial charge in [0.1, 0.15) is 11.6 Å². The van der Waals surface area contributed by atoms with Crippen LogP contribution in [0.3, 0.4) is 0 Å². The number of fused-ring (bicyclic) bond motifs is 1. The van der Waals surface area contributed by atoms with E-state index in [0.29, 0.717) is 28.8 Å². The lowest BCUT2D eigenvalue weighted by molar-refractivity contribution is 0.370. The fourth-order valence-electron chi connectivity index (χ4n) is 3.09. The van der Waals surface area contributed by atoms with Gasteiger partial charge < -0.3 is 14.2 Å². The van der Waals surface area contributed by atoms with E-state index >= 15 is 0 Å². The maximum Gasteiger partial charge on any atom is 0.258 e. The summed E-state index contributed by atoms with van der Waals surface area (Å²) in [5, 5.41) is 1.30. The largest absolute Gasteiger partial charge is 0.496 e. The lowest BCUT2D eigenvalue weighted by Crippen LogP contribution is -2.16. The summed E-state index contributed by atoms with van der Waals surface area (Å²) in [4.78, 5) is 14.3. The normalized spacial score (nSPS) is 11.3. The van der Waals surface area contributed by atoms with E-state index < -0.39 is 0 Å². The summed E-state index contributed by atoms with van der Waals surface area (Å²) in [6.07, 6.45) is 1.67. The van der Waals surface area contributed by atoms with Crippen LogP contribution in [0.4, 0.5) is 4.39 Å². The van der Waals surface area contributed by atoms with Crippen molar-refractivity contribution in [1.29, 1.82) is 0 Å². The van der Waals surface area contributed by atoms with Crippen LogP contribution in [-0.4, -0.2) is 30.7 Å². The molecule has 0 atom stereocenters. The Kier molecular flexibility index (Phi) is 4.59. The van der Waals surface area contributed by atoms with E-state index in [4.69, 9.17) is 4.74 Å². The minimum absolute atomic E-state index is 0.101. The number of nitrogens with zero attached hydrogens (tertiary/aromatic N) is 2. The molecule has 0 fully saturated rings. The van der Waals surface area contributed by atoms with Gasteiger partial charge >= 0.3 is 0 Å². The van der Waals surface area contributed by atoms with Crippen LogP contribution >= 0.6 is 0 Å². The Labute approximate surface area is 146 Å². The molecular weight excluding hydrogens is 319 g/mol. The summed E-state index contributed by atoms with van der Waals surface area (Å²) >= 11 is 0. The molecule has 0 aliphatic heterocycles. The lowest BCUT2D eigenvalue weighted by atomic mass is 9.98. The molecule has 4 nitrogen and oxygen atoms in total. The van der Waals surface area contributed by atoms with Gasteiger partial charge in [-0.15, -0.1) is 0 Å². The standard InChI is InChI=1S/C20H21FN2O2/c1-22(2)11-13-9-18(21)16(10-19(13)25-4)17-12-23(3)20(24)15-8-6-5-7-14(15)17/h5-10,12H,11H2,1-4H3. The molecule has 0 bridgehead atoms. The fourth-order valence-corrected chi connectivity index (χ4v) is 3.09. The van der Waals surface area contributed by atoms with Gasteiger partial charge in [-0.1, -0.05) is 18.2 Å². The summed E-state index contributed by atoms with van der Waals surface area (Å²) in [5.74, 6) is 0.296. The first-order valence-corrected chi connectivity index (χ1v) is 8.02. The first-order chi connectivity index (χ1) is 11.9. The summed E-state index contributed by atoms with van der Waals surface area (Å²) < 4.78 is 21.9. The third-order valence-corrected chi connectivity index (χ3v) is 4.24. The van der Waals surface area contributed by atoms with Crippen LogP contribution in [0.25, 0.3) is 21.9 Å². The Hall–Kier alpha value is -2.66. The van der Waals surface area contributed by atoms with Gasteiger partial charge in [-0.3, -0.25) is 4.79 Å². The fraction of sp³-hybridized carbons (Fsp3) is 0.250. The minimum Gasteiger partial charge on any atom is -0.496 e. The number of hydrogen-bond acceptors (Lipinski definition) is 3. The third-order valence-electron chi connectivity index (χ3n) is 4.24. The van der Waals surface area contributed by atoms with E-state index in [9.17, 15) is 9.18 Å². The Bertz CT molecular complexity index is 993. The van der Waals surface area contributed by atoms with E-state index in [1.54, 1.807) is 32.5 Å². The van der Waals surface area contributed by atoms with Crippen LogP contribution in [0.1, 0.15) is 5.56 Å². The second-order valence-electron chi connectivity index (χ2n) is 6.39. The SMILES string of the molecule is COc1cc(-c2cn(C)c(=O)c3ccccc23)c(F)cc1CN(C)C. The predicted octanol–water partition coefficient (Wildman–Crippen LogP) is 3.41. The van der Waals surface area contributed by atoms with Crippen molar-refractivity contribution in [2.24, 2.45) is 7.05 Å². The van der Waals surface area contributed by atoms with Gasteiger partial charge in [0.2, 0.25) is 0 Å². The molecule has 0 N–H and O–H groups in total. The summed E-state index contributed by atoms with van der Waals surface area (Å²) in [6, 6.07) is 10.5. The molecule has 3 aromatic rings. The number of halogens is 1. The number of rotatable bonds is 4. The maximum absolute atomic E-state index is 14.9. The first kappa shape index (κ1) is 17.2. The van der Waals surface area contributed by atoms with E-state index in [1.165, 1.54) is 10.6 Å². The van der Waals surface area contributed by atoms with Gasteiger partial charge in [0.15, 0.2) is 0 Å². The lowest BCUT2D eigenvalue weighted by Gasteiger charge is -2.16. The highest BCUT2D eigenvalue weighted by molar-refractivity contribution is 5.96. The average Bonchev–Trinajstić information content (AvgIpc) is 2.58. The molecule has 0 saturated carbocycles. The predicted molar refractivity (Wildman–Crippen MR) is 98.5 cm³/mol. The zero-order valence-corrected chi connectivity index (χ0v) is 14.8. The second kappa shape index (κ2) is 6.69. The number of hydrogen-bond donors (Lipinski definition) is 0. The van der Waals surface area contributed by atoms with Crippen LogP contribution in [0.5, 0.6) is 5.75 Å². The quantitative estimate of drug-likeness (QED) is 0.730. The van der Waals surface area contributed by atoms with Crippen molar-refractivity contribution in [2.75, 3.05) is 21.2 Å². The topological polar surface area (TPSA) is 34.5 Å². The van der Waals surface area contributed by atoms with Crippen molar-refractivity contribution < 1.29 is 9.13 Å². The molecule has 130 valence electrons. The van der Waals surface area contributed by atoms with Crippen LogP contribution in [-0.2, 0) is 13.6 Å². The van der Waals surface area contributed by atoms with Crippen LogP contribution < -0.4 is 10.3 Å². The molecule has 0 spiro atoms. The molecule has 1 heterocycles. The van der Waals surface area contributed by atoms with Crippen molar-refractivity contribution >= 4 is 10.8 Å². The highest BCUT2D eigenvalue weighted by atomic mass is 19.1. The Morgan fingerprint density at radius 2 is 1.80 bits per heavy atom. The maximum atomic E-state index is 14.9. The number of aromatic nitrogens is 1. The van der Waals surface area contributed by atoms with Crippen molar-refractivity contribution in [2.45, 2.75) is 6.54 Å². The number of pyridine rings is 1. The molecule has 2 aromatic carbocycles. The van der Waals surface area contributed by atoms with Gasteiger partial charge in [0, 0.05) is 41.9 Å². The van der Waals surface area contributed by atoms with Crippen molar-refractivity contribution in [3.05, 3.63) is 64.3 Å². The highest BCUT2D eigenvalue weighted by Gasteiger charge is 2.16. The Balaban J connectivity index is 2.29. The summed E-state index contributed by atoms with van der Waals surface area (Å²) in [6.45, 7) is 0.578. The zero-order chi connectivity index (χ0) is 18.1. The molecule has 0 radical (unpaired) electrons. The number of methoxy groups -OCH3 is 1. The number of aryl methyl sites for hydroxylation is 1. The molecule has 25 heavy (non-hydrogen) atoms. The van der Waals surface area contributed by atoms with Crippen LogP contribution in [0.15, 0.2) is 47.4 Å². The molecular formula is C20H21FN2O2. The molecule has 3 rings (SSSR count). The Morgan fingerprint density at radius 3 is 2.44 bits per heavy atom. The Morgan fingerprint density at radius 1 is 1.12 bits per heavy atom.